The highest BCUT2D eigenvalue weighted by Gasteiger charge is 2.31. The molecular formula is C9H20N2O. The molecule has 0 saturated carbocycles. The summed E-state index contributed by atoms with van der Waals surface area (Å²) >= 11 is 0. The minimum atomic E-state index is -0.435. The van der Waals surface area contributed by atoms with Crippen LogP contribution in [0, 0.1) is 0 Å². The van der Waals surface area contributed by atoms with Crippen molar-refractivity contribution in [3.8, 4) is 0 Å². The quantitative estimate of drug-likeness (QED) is 0.635. The molecule has 72 valence electrons. The van der Waals surface area contributed by atoms with E-state index in [0.29, 0.717) is 0 Å². The lowest BCUT2D eigenvalue weighted by Crippen LogP contribution is -2.48. The highest BCUT2D eigenvalue weighted by molar-refractivity contribution is 4.86. The minimum Gasteiger partial charge on any atom is -0.388 e. The lowest BCUT2D eigenvalue weighted by Gasteiger charge is -2.38. The standard InChI is InChI=1S/C9H20N2O/c1-10(2)8-9(12)4-6-11(3)7-5-9/h12H,4-8H2,1-3H3. The molecule has 0 aromatic rings. The van der Waals surface area contributed by atoms with Crippen molar-refractivity contribution < 1.29 is 5.11 Å². The zero-order chi connectivity index (χ0) is 9.19. The first-order chi connectivity index (χ1) is 5.52. The molecule has 0 aromatic heterocycles. The van der Waals surface area contributed by atoms with Gasteiger partial charge in [-0.15, -0.1) is 0 Å². The van der Waals surface area contributed by atoms with Crippen molar-refractivity contribution in [1.82, 2.24) is 9.80 Å². The molecule has 1 fully saturated rings. The minimum absolute atomic E-state index is 0.435. The van der Waals surface area contributed by atoms with Gasteiger partial charge in [-0.1, -0.05) is 0 Å². The van der Waals surface area contributed by atoms with E-state index in [4.69, 9.17) is 0 Å². The van der Waals surface area contributed by atoms with Gasteiger partial charge in [-0.05, 0) is 34.0 Å². The Morgan fingerprint density at radius 1 is 1.33 bits per heavy atom. The normalized spacial score (nSPS) is 24.8. The van der Waals surface area contributed by atoms with Crippen molar-refractivity contribution in [2.45, 2.75) is 18.4 Å². The number of nitrogens with zero attached hydrogens (tertiary/aromatic N) is 2. The van der Waals surface area contributed by atoms with Gasteiger partial charge < -0.3 is 14.9 Å². The van der Waals surface area contributed by atoms with Crippen LogP contribution in [0.15, 0.2) is 0 Å². The Kier molecular flexibility index (Phi) is 3.09. The van der Waals surface area contributed by atoms with Crippen LogP contribution in [0.2, 0.25) is 0 Å². The highest BCUT2D eigenvalue weighted by Crippen LogP contribution is 2.21. The second-order valence-corrected chi connectivity index (χ2v) is 4.27. The van der Waals surface area contributed by atoms with Crippen LogP contribution in [-0.2, 0) is 0 Å². The summed E-state index contributed by atoms with van der Waals surface area (Å²) in [6.45, 7) is 2.83. The molecule has 0 aromatic carbocycles. The Morgan fingerprint density at radius 2 is 1.83 bits per heavy atom. The summed E-state index contributed by atoms with van der Waals surface area (Å²) in [5.74, 6) is 0. The van der Waals surface area contributed by atoms with Gasteiger partial charge in [0.05, 0.1) is 5.60 Å². The summed E-state index contributed by atoms with van der Waals surface area (Å²) in [6.07, 6.45) is 1.81. The lowest BCUT2D eigenvalue weighted by molar-refractivity contribution is -0.0325. The van der Waals surface area contributed by atoms with Crippen molar-refractivity contribution in [2.24, 2.45) is 0 Å². The Morgan fingerprint density at radius 3 is 2.25 bits per heavy atom. The number of aliphatic hydroxyl groups is 1. The van der Waals surface area contributed by atoms with Crippen LogP contribution in [0.5, 0.6) is 0 Å². The maximum Gasteiger partial charge on any atom is 0.0798 e. The van der Waals surface area contributed by atoms with E-state index in [1.165, 1.54) is 0 Å². The smallest absolute Gasteiger partial charge is 0.0798 e. The monoisotopic (exact) mass is 172 g/mol. The van der Waals surface area contributed by atoms with Crippen LogP contribution >= 0.6 is 0 Å². The van der Waals surface area contributed by atoms with Gasteiger partial charge in [-0.2, -0.15) is 0 Å². The first-order valence-corrected chi connectivity index (χ1v) is 4.57. The third-order valence-corrected chi connectivity index (χ3v) is 2.53. The Bertz CT molecular complexity index is 139. The maximum atomic E-state index is 10.1. The number of piperidine rings is 1. The summed E-state index contributed by atoms with van der Waals surface area (Å²) < 4.78 is 0. The van der Waals surface area contributed by atoms with Crippen LogP contribution in [0.4, 0.5) is 0 Å². The second kappa shape index (κ2) is 3.73. The van der Waals surface area contributed by atoms with E-state index >= 15 is 0 Å². The molecule has 0 radical (unpaired) electrons. The number of likely N-dealkylation sites (N-methyl/N-ethyl adjacent to an activating group) is 1. The second-order valence-electron chi connectivity index (χ2n) is 4.27. The van der Waals surface area contributed by atoms with Gasteiger partial charge >= 0.3 is 0 Å². The molecule has 0 amide bonds. The first kappa shape index (κ1) is 9.96. The van der Waals surface area contributed by atoms with Crippen molar-refractivity contribution in [3.63, 3.8) is 0 Å². The fourth-order valence-corrected chi connectivity index (χ4v) is 1.78. The van der Waals surface area contributed by atoms with Crippen LogP contribution < -0.4 is 0 Å². The molecule has 0 atom stereocenters. The summed E-state index contributed by atoms with van der Waals surface area (Å²) in [5.41, 5.74) is -0.435. The van der Waals surface area contributed by atoms with Crippen LogP contribution in [0.25, 0.3) is 0 Å². The Balaban J connectivity index is 2.39. The number of hydrogen-bond donors (Lipinski definition) is 1. The fourth-order valence-electron chi connectivity index (χ4n) is 1.78. The molecule has 12 heavy (non-hydrogen) atoms. The summed E-state index contributed by atoms with van der Waals surface area (Å²) in [7, 11) is 6.13. The molecule has 1 rings (SSSR count). The number of likely N-dealkylation sites (tertiary alicyclic amines) is 1. The topological polar surface area (TPSA) is 26.7 Å². The average molecular weight is 172 g/mol. The largest absolute Gasteiger partial charge is 0.388 e. The molecule has 1 aliphatic rings. The Labute approximate surface area is 75.0 Å². The summed E-state index contributed by atoms with van der Waals surface area (Å²) in [4.78, 5) is 4.33. The molecule has 1 aliphatic heterocycles. The zero-order valence-electron chi connectivity index (χ0n) is 8.38. The van der Waals surface area contributed by atoms with E-state index in [0.717, 1.165) is 32.5 Å². The Hall–Kier alpha value is -0.120. The molecule has 1 N–H and O–H groups in total. The third kappa shape index (κ3) is 2.73. The van der Waals surface area contributed by atoms with E-state index in [-0.39, 0.29) is 0 Å². The van der Waals surface area contributed by atoms with Crippen molar-refractivity contribution in [2.75, 3.05) is 40.8 Å². The van der Waals surface area contributed by atoms with E-state index in [9.17, 15) is 5.11 Å². The summed E-state index contributed by atoms with van der Waals surface area (Å²) in [6, 6.07) is 0. The molecule has 3 heteroatoms. The van der Waals surface area contributed by atoms with Crippen LogP contribution in [-0.4, -0.2) is 61.3 Å². The van der Waals surface area contributed by atoms with Gasteiger partial charge in [0.15, 0.2) is 0 Å². The fraction of sp³-hybridized carbons (Fsp3) is 1.00. The molecular weight excluding hydrogens is 152 g/mol. The predicted octanol–water partition coefficient (Wildman–Crippen LogP) is 0.00470. The zero-order valence-corrected chi connectivity index (χ0v) is 8.38. The molecule has 0 bridgehead atoms. The van der Waals surface area contributed by atoms with E-state index in [2.05, 4.69) is 16.8 Å². The van der Waals surface area contributed by atoms with Gasteiger partial charge in [-0.25, -0.2) is 0 Å². The van der Waals surface area contributed by atoms with Crippen LogP contribution in [0.3, 0.4) is 0 Å². The molecule has 3 nitrogen and oxygen atoms in total. The SMILES string of the molecule is CN(C)CC1(O)CCN(C)CC1. The molecule has 0 unspecified atom stereocenters. The molecule has 1 saturated heterocycles. The summed E-state index contributed by atoms with van der Waals surface area (Å²) in [5, 5.41) is 10.1. The highest BCUT2D eigenvalue weighted by atomic mass is 16.3. The molecule has 1 heterocycles. The number of rotatable bonds is 2. The third-order valence-electron chi connectivity index (χ3n) is 2.53. The van der Waals surface area contributed by atoms with Gasteiger partial charge in [0, 0.05) is 19.6 Å². The van der Waals surface area contributed by atoms with Gasteiger partial charge in [0.2, 0.25) is 0 Å². The molecule has 0 spiro atoms. The predicted molar refractivity (Wildman–Crippen MR) is 50.2 cm³/mol. The van der Waals surface area contributed by atoms with Gasteiger partial charge in [0.1, 0.15) is 0 Å². The van der Waals surface area contributed by atoms with Crippen molar-refractivity contribution in [3.05, 3.63) is 0 Å². The van der Waals surface area contributed by atoms with Crippen molar-refractivity contribution >= 4 is 0 Å². The lowest BCUT2D eigenvalue weighted by atomic mass is 9.91. The van der Waals surface area contributed by atoms with Crippen molar-refractivity contribution in [1.29, 1.82) is 0 Å². The molecule has 0 aliphatic carbocycles. The van der Waals surface area contributed by atoms with E-state index in [1.807, 2.05) is 14.1 Å². The van der Waals surface area contributed by atoms with E-state index < -0.39 is 5.60 Å². The first-order valence-electron chi connectivity index (χ1n) is 4.57. The van der Waals surface area contributed by atoms with Gasteiger partial charge in [0.25, 0.3) is 0 Å². The van der Waals surface area contributed by atoms with Crippen LogP contribution in [0.1, 0.15) is 12.8 Å². The average Bonchev–Trinajstić information content (AvgIpc) is 1.94. The number of hydrogen-bond acceptors (Lipinski definition) is 3. The van der Waals surface area contributed by atoms with E-state index in [1.54, 1.807) is 0 Å². The maximum absolute atomic E-state index is 10.1. The van der Waals surface area contributed by atoms with Gasteiger partial charge in [-0.3, -0.25) is 0 Å².